The van der Waals surface area contributed by atoms with E-state index in [1.165, 1.54) is 0 Å². The van der Waals surface area contributed by atoms with Gasteiger partial charge in [0, 0.05) is 53.7 Å². The van der Waals surface area contributed by atoms with Crippen LogP contribution in [0.1, 0.15) is 10.4 Å². The predicted octanol–water partition coefficient (Wildman–Crippen LogP) is 3.15. The van der Waals surface area contributed by atoms with E-state index >= 15 is 0 Å². The summed E-state index contributed by atoms with van der Waals surface area (Å²) in [5.74, 6) is 0.00268. The molecular weight excluding hydrogens is 351 g/mol. The molecule has 0 atom stereocenters. The molecule has 1 aliphatic heterocycles. The average molecular weight is 366 g/mol. The maximum atomic E-state index is 12.3. The Morgan fingerprint density at radius 3 is 2.21 bits per heavy atom. The van der Waals surface area contributed by atoms with E-state index in [2.05, 4.69) is 20.8 Å². The van der Waals surface area contributed by atoms with Gasteiger partial charge in [-0.15, -0.1) is 0 Å². The molecule has 0 N–H and O–H groups in total. The van der Waals surface area contributed by atoms with Gasteiger partial charge in [-0.1, -0.05) is 39.1 Å². The fourth-order valence-electron chi connectivity index (χ4n) is 2.15. The number of carbonyl (C=O) groups excluding carboxylic acids is 1. The molecule has 0 aromatic heterocycles. The standard InChI is InChI=1S/C13H15BrCl2N2O/c14-1-2-17-3-5-18(6-4-17)13(19)10-7-11(15)9-12(16)8-10/h7-9H,1-6H2. The first-order chi connectivity index (χ1) is 9.10. The summed E-state index contributed by atoms with van der Waals surface area (Å²) in [5, 5.41) is 1.95. The van der Waals surface area contributed by atoms with Gasteiger partial charge in [-0.25, -0.2) is 0 Å². The fourth-order valence-corrected chi connectivity index (χ4v) is 3.18. The van der Waals surface area contributed by atoms with Crippen LogP contribution in [0.2, 0.25) is 10.0 Å². The van der Waals surface area contributed by atoms with E-state index in [0.29, 0.717) is 15.6 Å². The Morgan fingerprint density at radius 1 is 1.11 bits per heavy atom. The quantitative estimate of drug-likeness (QED) is 0.768. The first kappa shape index (κ1) is 15.1. The number of halogens is 3. The van der Waals surface area contributed by atoms with E-state index in [-0.39, 0.29) is 5.91 Å². The van der Waals surface area contributed by atoms with Crippen molar-refractivity contribution in [1.29, 1.82) is 0 Å². The maximum absolute atomic E-state index is 12.3. The van der Waals surface area contributed by atoms with Crippen molar-refractivity contribution in [3.8, 4) is 0 Å². The second-order valence-corrected chi connectivity index (χ2v) is 6.15. The zero-order valence-electron chi connectivity index (χ0n) is 10.4. The van der Waals surface area contributed by atoms with Gasteiger partial charge < -0.3 is 4.90 Å². The van der Waals surface area contributed by atoms with Crippen LogP contribution in [0.5, 0.6) is 0 Å². The van der Waals surface area contributed by atoms with Crippen LogP contribution < -0.4 is 0 Å². The van der Waals surface area contributed by atoms with Crippen molar-refractivity contribution in [3.63, 3.8) is 0 Å². The van der Waals surface area contributed by atoms with Gasteiger partial charge >= 0.3 is 0 Å². The van der Waals surface area contributed by atoms with Crippen LogP contribution in [0.4, 0.5) is 0 Å². The zero-order valence-corrected chi connectivity index (χ0v) is 13.5. The third kappa shape index (κ3) is 4.09. The number of carbonyl (C=O) groups is 1. The first-order valence-electron chi connectivity index (χ1n) is 6.14. The summed E-state index contributed by atoms with van der Waals surface area (Å²) in [6.07, 6.45) is 0. The van der Waals surface area contributed by atoms with Crippen LogP contribution >= 0.6 is 39.1 Å². The van der Waals surface area contributed by atoms with E-state index in [1.54, 1.807) is 18.2 Å². The fraction of sp³-hybridized carbons (Fsp3) is 0.462. The second kappa shape index (κ2) is 6.93. The van der Waals surface area contributed by atoms with Gasteiger partial charge in [-0.2, -0.15) is 0 Å². The number of amides is 1. The number of alkyl halides is 1. The number of hydrogen-bond donors (Lipinski definition) is 0. The van der Waals surface area contributed by atoms with Crippen molar-refractivity contribution < 1.29 is 4.79 Å². The molecule has 0 aliphatic carbocycles. The average Bonchev–Trinajstić information content (AvgIpc) is 2.38. The van der Waals surface area contributed by atoms with Gasteiger partial charge in [0.1, 0.15) is 0 Å². The van der Waals surface area contributed by atoms with Crippen molar-refractivity contribution in [2.24, 2.45) is 0 Å². The lowest BCUT2D eigenvalue weighted by Crippen LogP contribution is -2.49. The van der Waals surface area contributed by atoms with Crippen molar-refractivity contribution >= 4 is 45.0 Å². The molecule has 0 radical (unpaired) electrons. The van der Waals surface area contributed by atoms with Crippen LogP contribution in [0.3, 0.4) is 0 Å². The van der Waals surface area contributed by atoms with E-state index in [0.717, 1.165) is 38.1 Å². The monoisotopic (exact) mass is 364 g/mol. The normalized spacial score (nSPS) is 16.7. The van der Waals surface area contributed by atoms with Crippen LogP contribution in [0, 0.1) is 0 Å². The van der Waals surface area contributed by atoms with Gasteiger partial charge in [-0.3, -0.25) is 9.69 Å². The van der Waals surface area contributed by atoms with Crippen molar-refractivity contribution in [3.05, 3.63) is 33.8 Å². The molecular formula is C13H15BrCl2N2O. The van der Waals surface area contributed by atoms with Gasteiger partial charge in [0.25, 0.3) is 5.91 Å². The minimum Gasteiger partial charge on any atom is -0.336 e. The molecule has 2 rings (SSSR count). The molecule has 1 aliphatic rings. The molecule has 6 heteroatoms. The molecule has 19 heavy (non-hydrogen) atoms. The summed E-state index contributed by atoms with van der Waals surface area (Å²) in [6, 6.07) is 4.97. The van der Waals surface area contributed by atoms with Gasteiger partial charge in [0.15, 0.2) is 0 Å². The van der Waals surface area contributed by atoms with E-state index in [9.17, 15) is 4.79 Å². The van der Waals surface area contributed by atoms with Crippen molar-refractivity contribution in [1.82, 2.24) is 9.80 Å². The molecule has 1 aromatic rings. The second-order valence-electron chi connectivity index (χ2n) is 4.48. The van der Waals surface area contributed by atoms with Crippen LogP contribution in [0.25, 0.3) is 0 Å². The number of benzene rings is 1. The molecule has 1 fully saturated rings. The summed E-state index contributed by atoms with van der Waals surface area (Å²) < 4.78 is 0. The lowest BCUT2D eigenvalue weighted by atomic mass is 10.2. The number of hydrogen-bond acceptors (Lipinski definition) is 2. The number of piperazine rings is 1. The third-order valence-corrected chi connectivity index (χ3v) is 3.96. The predicted molar refractivity (Wildman–Crippen MR) is 82.6 cm³/mol. The first-order valence-corrected chi connectivity index (χ1v) is 8.01. The minimum atomic E-state index is 0.00268. The number of nitrogens with zero attached hydrogens (tertiary/aromatic N) is 2. The van der Waals surface area contributed by atoms with E-state index in [4.69, 9.17) is 23.2 Å². The van der Waals surface area contributed by atoms with Gasteiger partial charge in [0.2, 0.25) is 0 Å². The Morgan fingerprint density at radius 2 is 1.68 bits per heavy atom. The summed E-state index contributed by atoms with van der Waals surface area (Å²) >= 11 is 15.3. The number of rotatable bonds is 3. The maximum Gasteiger partial charge on any atom is 0.254 e. The van der Waals surface area contributed by atoms with Crippen LogP contribution in [-0.2, 0) is 0 Å². The lowest BCUT2D eigenvalue weighted by molar-refractivity contribution is 0.0645. The molecule has 1 amide bonds. The van der Waals surface area contributed by atoms with Gasteiger partial charge in [-0.05, 0) is 18.2 Å². The van der Waals surface area contributed by atoms with Crippen LogP contribution in [0.15, 0.2) is 18.2 Å². The summed E-state index contributed by atoms with van der Waals surface area (Å²) in [4.78, 5) is 16.5. The largest absolute Gasteiger partial charge is 0.336 e. The highest BCUT2D eigenvalue weighted by molar-refractivity contribution is 9.09. The Kier molecular flexibility index (Phi) is 5.51. The highest BCUT2D eigenvalue weighted by atomic mass is 79.9. The Labute approximate surface area is 131 Å². The summed E-state index contributed by atoms with van der Waals surface area (Å²) in [7, 11) is 0. The highest BCUT2D eigenvalue weighted by Gasteiger charge is 2.22. The third-order valence-electron chi connectivity index (χ3n) is 3.17. The molecule has 0 bridgehead atoms. The molecule has 0 saturated carbocycles. The zero-order chi connectivity index (χ0) is 13.8. The lowest BCUT2D eigenvalue weighted by Gasteiger charge is -2.34. The molecule has 0 spiro atoms. The Balaban J connectivity index is 2.01. The van der Waals surface area contributed by atoms with E-state index < -0.39 is 0 Å². The minimum absolute atomic E-state index is 0.00268. The smallest absolute Gasteiger partial charge is 0.254 e. The topological polar surface area (TPSA) is 23.6 Å². The highest BCUT2D eigenvalue weighted by Crippen LogP contribution is 2.20. The van der Waals surface area contributed by atoms with Crippen molar-refractivity contribution in [2.75, 3.05) is 38.1 Å². The SMILES string of the molecule is O=C(c1cc(Cl)cc(Cl)c1)N1CCN(CCBr)CC1. The molecule has 1 aromatic carbocycles. The summed E-state index contributed by atoms with van der Waals surface area (Å²) in [5.41, 5.74) is 0.562. The molecule has 104 valence electrons. The van der Waals surface area contributed by atoms with Crippen LogP contribution in [-0.4, -0.2) is 53.8 Å². The molecule has 0 unspecified atom stereocenters. The molecule has 1 heterocycles. The molecule has 3 nitrogen and oxygen atoms in total. The summed E-state index contributed by atoms with van der Waals surface area (Å²) in [6.45, 7) is 4.33. The van der Waals surface area contributed by atoms with Gasteiger partial charge in [0.05, 0.1) is 0 Å². The van der Waals surface area contributed by atoms with Crippen molar-refractivity contribution in [2.45, 2.75) is 0 Å². The Hall–Kier alpha value is -0.290. The Bertz CT molecular complexity index is 442. The molecule has 1 saturated heterocycles. The van der Waals surface area contributed by atoms with E-state index in [1.807, 2.05) is 4.90 Å².